The first-order chi connectivity index (χ1) is 9.17. The van der Waals surface area contributed by atoms with Crippen molar-refractivity contribution < 1.29 is 18.3 Å². The van der Waals surface area contributed by atoms with E-state index in [0.29, 0.717) is 23.4 Å². The van der Waals surface area contributed by atoms with Crippen LogP contribution >= 0.6 is 11.6 Å². The highest BCUT2D eigenvalue weighted by Crippen LogP contribution is 2.40. The summed E-state index contributed by atoms with van der Waals surface area (Å²) >= 11 is 5.80. The predicted molar refractivity (Wildman–Crippen MR) is 75.3 cm³/mol. The third-order valence-electron chi connectivity index (χ3n) is 3.61. The Labute approximate surface area is 123 Å². The Morgan fingerprint density at radius 2 is 2.05 bits per heavy atom. The van der Waals surface area contributed by atoms with Crippen molar-refractivity contribution >= 4 is 27.6 Å². The summed E-state index contributed by atoms with van der Waals surface area (Å²) in [7, 11) is -3.90. The molecule has 0 radical (unpaired) electrons. The Balaban J connectivity index is 2.38. The number of carboxylic acid groups (broad SMARTS) is 1. The van der Waals surface area contributed by atoms with E-state index in [9.17, 15) is 18.3 Å². The lowest BCUT2D eigenvalue weighted by atomic mass is 9.98. The van der Waals surface area contributed by atoms with E-state index in [1.54, 1.807) is 6.92 Å². The minimum Gasteiger partial charge on any atom is -0.480 e. The Morgan fingerprint density at radius 3 is 2.50 bits per heavy atom. The molecule has 20 heavy (non-hydrogen) atoms. The van der Waals surface area contributed by atoms with E-state index in [-0.39, 0.29) is 10.8 Å². The molecule has 7 heteroatoms. The van der Waals surface area contributed by atoms with Crippen molar-refractivity contribution in [3.8, 4) is 0 Å². The van der Waals surface area contributed by atoms with Gasteiger partial charge in [-0.2, -0.15) is 4.72 Å². The fourth-order valence-electron chi connectivity index (χ4n) is 2.21. The highest BCUT2D eigenvalue weighted by molar-refractivity contribution is 7.89. The molecule has 110 valence electrons. The van der Waals surface area contributed by atoms with Crippen LogP contribution in [0.3, 0.4) is 0 Å². The van der Waals surface area contributed by atoms with Gasteiger partial charge in [-0.1, -0.05) is 11.6 Å². The number of carboxylic acids is 1. The Morgan fingerprint density at radius 1 is 1.45 bits per heavy atom. The molecule has 2 rings (SSSR count). The molecule has 0 saturated heterocycles. The molecule has 0 heterocycles. The van der Waals surface area contributed by atoms with Crippen LogP contribution < -0.4 is 4.72 Å². The second kappa shape index (κ2) is 5.02. The normalized spacial score (nSPS) is 18.6. The Bertz CT molecular complexity index is 654. The van der Waals surface area contributed by atoms with Crippen molar-refractivity contribution in [2.75, 3.05) is 0 Å². The summed E-state index contributed by atoms with van der Waals surface area (Å²) in [5, 5.41) is 9.75. The lowest BCUT2D eigenvalue weighted by Gasteiger charge is -2.26. The van der Waals surface area contributed by atoms with Crippen LogP contribution in [0.4, 0.5) is 0 Å². The summed E-state index contributed by atoms with van der Waals surface area (Å²) in [6.07, 6.45) is 1.43. The van der Waals surface area contributed by atoms with Crippen LogP contribution in [0.25, 0.3) is 0 Å². The number of carbonyl (C=O) groups is 1. The van der Waals surface area contributed by atoms with Gasteiger partial charge in [0.2, 0.25) is 10.0 Å². The van der Waals surface area contributed by atoms with Gasteiger partial charge in [-0.05, 0) is 56.4 Å². The molecule has 0 bridgehead atoms. The SMILES string of the molecule is Cc1cc(Cl)ccc1S(=O)(=O)NC(C)(C(=O)O)C1CC1. The van der Waals surface area contributed by atoms with Gasteiger partial charge < -0.3 is 5.11 Å². The van der Waals surface area contributed by atoms with Crippen LogP contribution in [-0.2, 0) is 14.8 Å². The molecule has 1 unspecified atom stereocenters. The summed E-state index contributed by atoms with van der Waals surface area (Å²) < 4.78 is 27.1. The monoisotopic (exact) mass is 317 g/mol. The van der Waals surface area contributed by atoms with Gasteiger partial charge in [-0.15, -0.1) is 0 Å². The van der Waals surface area contributed by atoms with Gasteiger partial charge in [0.1, 0.15) is 5.54 Å². The van der Waals surface area contributed by atoms with E-state index < -0.39 is 21.5 Å². The lowest BCUT2D eigenvalue weighted by molar-refractivity contribution is -0.144. The largest absolute Gasteiger partial charge is 0.480 e. The van der Waals surface area contributed by atoms with Gasteiger partial charge in [0.15, 0.2) is 0 Å². The molecule has 0 aliphatic heterocycles. The van der Waals surface area contributed by atoms with Crippen molar-refractivity contribution in [3.05, 3.63) is 28.8 Å². The first-order valence-electron chi connectivity index (χ1n) is 6.20. The number of rotatable bonds is 5. The van der Waals surface area contributed by atoms with E-state index in [1.807, 2.05) is 0 Å². The number of nitrogens with one attached hydrogen (secondary N) is 1. The van der Waals surface area contributed by atoms with Crippen LogP contribution in [0.2, 0.25) is 5.02 Å². The zero-order chi connectivity index (χ0) is 15.1. The van der Waals surface area contributed by atoms with E-state index in [0.717, 1.165) is 0 Å². The molecule has 1 aliphatic carbocycles. The average Bonchev–Trinajstić information content (AvgIpc) is 3.10. The zero-order valence-electron chi connectivity index (χ0n) is 11.2. The van der Waals surface area contributed by atoms with Crippen molar-refractivity contribution in [1.29, 1.82) is 0 Å². The summed E-state index contributed by atoms with van der Waals surface area (Å²) in [4.78, 5) is 11.5. The van der Waals surface area contributed by atoms with Crippen LogP contribution in [-0.4, -0.2) is 25.0 Å². The molecule has 0 aromatic heterocycles. The van der Waals surface area contributed by atoms with Crippen molar-refractivity contribution in [1.82, 2.24) is 4.72 Å². The fraction of sp³-hybridized carbons (Fsp3) is 0.462. The van der Waals surface area contributed by atoms with Crippen LogP contribution in [0.1, 0.15) is 25.3 Å². The number of hydrogen-bond acceptors (Lipinski definition) is 3. The van der Waals surface area contributed by atoms with Crippen molar-refractivity contribution in [3.63, 3.8) is 0 Å². The molecular weight excluding hydrogens is 302 g/mol. The maximum Gasteiger partial charge on any atom is 0.324 e. The molecule has 1 aromatic rings. The van der Waals surface area contributed by atoms with Crippen LogP contribution in [0.5, 0.6) is 0 Å². The van der Waals surface area contributed by atoms with Crippen molar-refractivity contribution in [2.24, 2.45) is 5.92 Å². The first-order valence-corrected chi connectivity index (χ1v) is 8.06. The highest BCUT2D eigenvalue weighted by Gasteiger charge is 2.50. The van der Waals surface area contributed by atoms with E-state index in [2.05, 4.69) is 4.72 Å². The molecule has 0 amide bonds. The average molecular weight is 318 g/mol. The molecule has 1 saturated carbocycles. The number of halogens is 1. The maximum atomic E-state index is 12.4. The minimum atomic E-state index is -3.90. The van der Waals surface area contributed by atoms with Gasteiger partial charge in [0.05, 0.1) is 4.90 Å². The molecule has 2 N–H and O–H groups in total. The molecule has 1 aliphatic rings. The summed E-state index contributed by atoms with van der Waals surface area (Å²) in [5.41, 5.74) is -0.987. The quantitative estimate of drug-likeness (QED) is 0.872. The molecule has 1 fully saturated rings. The maximum absolute atomic E-state index is 12.4. The number of benzene rings is 1. The number of sulfonamides is 1. The van der Waals surface area contributed by atoms with Crippen LogP contribution in [0, 0.1) is 12.8 Å². The van der Waals surface area contributed by atoms with Gasteiger partial charge in [-0.25, -0.2) is 8.42 Å². The Kier molecular flexibility index (Phi) is 3.83. The predicted octanol–water partition coefficient (Wildman–Crippen LogP) is 2.18. The van der Waals surface area contributed by atoms with Gasteiger partial charge in [-0.3, -0.25) is 4.79 Å². The van der Waals surface area contributed by atoms with Gasteiger partial charge >= 0.3 is 5.97 Å². The first kappa shape index (κ1) is 15.3. The standard InChI is InChI=1S/C13H16ClNO4S/c1-8-7-10(14)5-6-11(8)20(18,19)15-13(2,12(16)17)9-3-4-9/h5-7,9,15H,3-4H2,1-2H3,(H,16,17). The summed E-state index contributed by atoms with van der Waals surface area (Å²) in [6, 6.07) is 4.39. The second-order valence-electron chi connectivity index (χ2n) is 5.30. The molecule has 1 aromatic carbocycles. The number of hydrogen-bond donors (Lipinski definition) is 2. The Hall–Kier alpha value is -1.11. The van der Waals surface area contributed by atoms with Crippen LogP contribution in [0.15, 0.2) is 23.1 Å². The highest BCUT2D eigenvalue weighted by atomic mass is 35.5. The zero-order valence-corrected chi connectivity index (χ0v) is 12.8. The van der Waals surface area contributed by atoms with Gasteiger partial charge in [0.25, 0.3) is 0 Å². The third-order valence-corrected chi connectivity index (χ3v) is 5.58. The molecule has 5 nitrogen and oxygen atoms in total. The fourth-order valence-corrected chi connectivity index (χ4v) is 4.09. The minimum absolute atomic E-state index is 0.0509. The molecule has 0 spiro atoms. The molecular formula is C13H16ClNO4S. The lowest BCUT2D eigenvalue weighted by Crippen LogP contribution is -2.53. The summed E-state index contributed by atoms with van der Waals surface area (Å²) in [5.74, 6) is -1.32. The van der Waals surface area contributed by atoms with E-state index in [4.69, 9.17) is 11.6 Å². The third kappa shape index (κ3) is 2.82. The second-order valence-corrected chi connectivity index (χ2v) is 7.38. The number of aryl methyl sites for hydroxylation is 1. The summed E-state index contributed by atoms with van der Waals surface area (Å²) in [6.45, 7) is 3.03. The topological polar surface area (TPSA) is 83.5 Å². The van der Waals surface area contributed by atoms with Crippen molar-refractivity contribution in [2.45, 2.75) is 37.1 Å². The van der Waals surface area contributed by atoms with Gasteiger partial charge in [0, 0.05) is 5.02 Å². The smallest absolute Gasteiger partial charge is 0.324 e. The number of aliphatic carboxylic acids is 1. The molecule has 1 atom stereocenters. The van der Waals surface area contributed by atoms with E-state index >= 15 is 0 Å². The van der Waals surface area contributed by atoms with E-state index in [1.165, 1.54) is 25.1 Å².